The molecule has 1 aliphatic heterocycles. The van der Waals surface area contributed by atoms with E-state index in [9.17, 15) is 4.79 Å². The Morgan fingerprint density at radius 1 is 1.00 bits per heavy atom. The Morgan fingerprint density at radius 3 is 2.00 bits per heavy atom. The molecule has 1 aliphatic carbocycles. The van der Waals surface area contributed by atoms with Crippen LogP contribution in [-0.2, 0) is 4.79 Å². The molecular weight excluding hydrogens is 236 g/mol. The van der Waals surface area contributed by atoms with E-state index in [1.165, 1.54) is 38.5 Å². The number of carbonyl (C=O) groups is 1. The van der Waals surface area contributed by atoms with E-state index >= 15 is 0 Å². The van der Waals surface area contributed by atoms with Crippen molar-refractivity contribution in [3.8, 4) is 0 Å². The zero-order valence-electron chi connectivity index (χ0n) is 10.6. The van der Waals surface area contributed by atoms with Gasteiger partial charge in [-0.1, -0.05) is 19.3 Å². The maximum Gasteiger partial charge on any atom is 0.224 e. The molecule has 0 atom stereocenters. The van der Waals surface area contributed by atoms with Gasteiger partial charge in [-0.25, -0.2) is 0 Å². The van der Waals surface area contributed by atoms with Crippen LogP contribution in [0.4, 0.5) is 0 Å². The van der Waals surface area contributed by atoms with Crippen molar-refractivity contribution < 1.29 is 4.79 Å². The van der Waals surface area contributed by atoms with Crippen LogP contribution in [0.2, 0.25) is 0 Å². The molecule has 1 heterocycles. The van der Waals surface area contributed by atoms with Crippen molar-refractivity contribution in [1.82, 2.24) is 4.90 Å². The van der Waals surface area contributed by atoms with Crippen molar-refractivity contribution in [2.75, 3.05) is 13.1 Å². The minimum atomic E-state index is -0.153. The highest BCUT2D eigenvalue weighted by molar-refractivity contribution is 5.85. The van der Waals surface area contributed by atoms with Gasteiger partial charge in [-0.3, -0.25) is 4.79 Å². The first kappa shape index (κ1) is 14.8. The van der Waals surface area contributed by atoms with Crippen LogP contribution in [0.5, 0.6) is 0 Å². The van der Waals surface area contributed by atoms with Gasteiger partial charge in [0.2, 0.25) is 5.91 Å². The van der Waals surface area contributed by atoms with E-state index < -0.39 is 0 Å². The van der Waals surface area contributed by atoms with Gasteiger partial charge in [-0.2, -0.15) is 0 Å². The summed E-state index contributed by atoms with van der Waals surface area (Å²) in [5, 5.41) is 0. The summed E-state index contributed by atoms with van der Waals surface area (Å²) in [7, 11) is 0. The second-order valence-electron chi connectivity index (χ2n) is 5.54. The zero-order valence-corrected chi connectivity index (χ0v) is 11.4. The lowest BCUT2D eigenvalue weighted by Gasteiger charge is -2.39. The third-order valence-electron chi connectivity index (χ3n) is 4.06. The Morgan fingerprint density at radius 2 is 1.53 bits per heavy atom. The van der Waals surface area contributed by atoms with Gasteiger partial charge in [0.25, 0.3) is 0 Å². The van der Waals surface area contributed by atoms with Crippen LogP contribution < -0.4 is 5.73 Å². The molecule has 100 valence electrons. The highest BCUT2D eigenvalue weighted by Gasteiger charge is 2.35. The maximum absolute atomic E-state index is 12.1. The van der Waals surface area contributed by atoms with Crippen LogP contribution >= 0.6 is 12.4 Å². The van der Waals surface area contributed by atoms with E-state index in [0.29, 0.717) is 12.3 Å². The molecule has 1 amide bonds. The molecule has 2 rings (SSSR count). The normalized spacial score (nSPS) is 23.9. The Kier molecular flexibility index (Phi) is 5.74. The zero-order chi connectivity index (χ0) is 11.4. The number of amides is 1. The quantitative estimate of drug-likeness (QED) is 0.829. The third kappa shape index (κ3) is 4.14. The van der Waals surface area contributed by atoms with Crippen LogP contribution in [0.1, 0.15) is 57.8 Å². The Balaban J connectivity index is 0.00000144. The molecule has 17 heavy (non-hydrogen) atoms. The molecule has 4 heteroatoms. The first-order valence-corrected chi connectivity index (χ1v) is 6.76. The van der Waals surface area contributed by atoms with Crippen LogP contribution in [0.3, 0.4) is 0 Å². The number of rotatable bonds is 2. The van der Waals surface area contributed by atoms with E-state index in [1.54, 1.807) is 0 Å². The molecule has 1 saturated carbocycles. The molecule has 2 N–H and O–H groups in total. The average molecular weight is 261 g/mol. The van der Waals surface area contributed by atoms with Crippen LogP contribution in [0.15, 0.2) is 0 Å². The second kappa shape index (κ2) is 6.60. The first-order valence-electron chi connectivity index (χ1n) is 6.76. The summed E-state index contributed by atoms with van der Waals surface area (Å²) in [6.45, 7) is 1.91. The van der Waals surface area contributed by atoms with Crippen molar-refractivity contribution in [3.63, 3.8) is 0 Å². The van der Waals surface area contributed by atoms with E-state index in [1.807, 2.05) is 4.90 Å². The predicted molar refractivity (Wildman–Crippen MR) is 72.3 cm³/mol. The van der Waals surface area contributed by atoms with E-state index in [-0.39, 0.29) is 17.9 Å². The van der Waals surface area contributed by atoms with Crippen LogP contribution in [-0.4, -0.2) is 29.4 Å². The fourth-order valence-electron chi connectivity index (χ4n) is 2.72. The SMILES string of the molecule is Cl.NC1(CC(=O)N2CCCCCCC2)CCC1. The lowest BCUT2D eigenvalue weighted by Crippen LogP contribution is -2.50. The molecule has 0 aromatic carbocycles. The number of carbonyl (C=O) groups excluding carboxylic acids is 1. The summed E-state index contributed by atoms with van der Waals surface area (Å²) in [5.74, 6) is 0.295. The van der Waals surface area contributed by atoms with E-state index in [2.05, 4.69) is 0 Å². The summed E-state index contributed by atoms with van der Waals surface area (Å²) in [6.07, 6.45) is 10.1. The Hall–Kier alpha value is -0.280. The fraction of sp³-hybridized carbons (Fsp3) is 0.923. The first-order chi connectivity index (χ1) is 7.70. The predicted octanol–water partition coefficient (Wildman–Crippen LogP) is 2.47. The molecule has 1 saturated heterocycles. The largest absolute Gasteiger partial charge is 0.343 e. The van der Waals surface area contributed by atoms with Gasteiger partial charge in [0.05, 0.1) is 0 Å². The lowest BCUT2D eigenvalue weighted by molar-refractivity contribution is -0.133. The monoisotopic (exact) mass is 260 g/mol. The van der Waals surface area contributed by atoms with Crippen LogP contribution in [0, 0.1) is 0 Å². The number of halogens is 1. The van der Waals surface area contributed by atoms with Gasteiger partial charge in [0, 0.05) is 25.0 Å². The summed E-state index contributed by atoms with van der Waals surface area (Å²) in [5.41, 5.74) is 5.98. The molecule has 0 aromatic heterocycles. The Labute approximate surface area is 111 Å². The molecule has 0 radical (unpaired) electrons. The number of likely N-dealkylation sites (tertiary alicyclic amines) is 1. The molecule has 0 aromatic rings. The smallest absolute Gasteiger partial charge is 0.224 e. The number of hydrogen-bond acceptors (Lipinski definition) is 2. The minimum Gasteiger partial charge on any atom is -0.343 e. The van der Waals surface area contributed by atoms with Gasteiger partial charge in [-0.05, 0) is 32.1 Å². The molecule has 0 bridgehead atoms. The highest BCUT2D eigenvalue weighted by Crippen LogP contribution is 2.32. The topological polar surface area (TPSA) is 46.3 Å². The highest BCUT2D eigenvalue weighted by atomic mass is 35.5. The molecule has 2 aliphatic rings. The van der Waals surface area contributed by atoms with E-state index in [0.717, 1.165) is 25.9 Å². The maximum atomic E-state index is 12.1. The number of hydrogen-bond donors (Lipinski definition) is 1. The number of nitrogens with zero attached hydrogens (tertiary/aromatic N) is 1. The van der Waals surface area contributed by atoms with Crippen molar-refractivity contribution >= 4 is 18.3 Å². The van der Waals surface area contributed by atoms with Crippen molar-refractivity contribution in [2.24, 2.45) is 5.73 Å². The fourth-order valence-corrected chi connectivity index (χ4v) is 2.72. The summed E-state index contributed by atoms with van der Waals surface area (Å²) >= 11 is 0. The van der Waals surface area contributed by atoms with Gasteiger partial charge in [-0.15, -0.1) is 12.4 Å². The molecule has 0 spiro atoms. The Bertz CT molecular complexity index is 246. The van der Waals surface area contributed by atoms with Gasteiger partial charge in [0.15, 0.2) is 0 Å². The summed E-state index contributed by atoms with van der Waals surface area (Å²) < 4.78 is 0. The molecule has 0 unspecified atom stereocenters. The van der Waals surface area contributed by atoms with E-state index in [4.69, 9.17) is 5.73 Å². The van der Waals surface area contributed by atoms with Crippen molar-refractivity contribution in [3.05, 3.63) is 0 Å². The van der Waals surface area contributed by atoms with Crippen molar-refractivity contribution in [2.45, 2.75) is 63.3 Å². The second-order valence-corrected chi connectivity index (χ2v) is 5.54. The lowest BCUT2D eigenvalue weighted by atomic mass is 9.75. The summed E-state index contributed by atoms with van der Waals surface area (Å²) in [6, 6.07) is 0. The van der Waals surface area contributed by atoms with Crippen molar-refractivity contribution in [1.29, 1.82) is 0 Å². The molecular formula is C13H25ClN2O. The standard InChI is InChI=1S/C13H24N2O.ClH/c14-13(7-6-8-13)11-12(16)15-9-4-2-1-3-5-10-15;/h1-11,14H2;1H. The van der Waals surface area contributed by atoms with Gasteiger partial charge >= 0.3 is 0 Å². The number of nitrogens with two attached hydrogens (primary N) is 1. The van der Waals surface area contributed by atoms with Gasteiger partial charge < -0.3 is 10.6 Å². The third-order valence-corrected chi connectivity index (χ3v) is 4.06. The molecule has 3 nitrogen and oxygen atoms in total. The molecule has 2 fully saturated rings. The van der Waals surface area contributed by atoms with Crippen LogP contribution in [0.25, 0.3) is 0 Å². The van der Waals surface area contributed by atoms with Gasteiger partial charge in [0.1, 0.15) is 0 Å². The average Bonchev–Trinajstić information content (AvgIpc) is 2.14. The minimum absolute atomic E-state index is 0. The summed E-state index contributed by atoms with van der Waals surface area (Å²) in [4.78, 5) is 14.2.